The lowest BCUT2D eigenvalue weighted by atomic mass is 10.1. The zero-order valence-electron chi connectivity index (χ0n) is 16.8. The third-order valence-corrected chi connectivity index (χ3v) is 5.78. The first-order chi connectivity index (χ1) is 14.8. The highest BCUT2D eigenvalue weighted by molar-refractivity contribution is 5.79. The van der Waals surface area contributed by atoms with Crippen molar-refractivity contribution < 1.29 is 18.7 Å². The zero-order chi connectivity index (χ0) is 20.3. The number of hydrogen-bond donors (Lipinski definition) is 0. The van der Waals surface area contributed by atoms with E-state index in [1.54, 1.807) is 6.26 Å². The largest absolute Gasteiger partial charge is 0.454 e. The van der Waals surface area contributed by atoms with Crippen molar-refractivity contribution in [3.8, 4) is 23.0 Å². The number of benzene rings is 2. The number of carbonyl (C=O) groups is 1. The lowest BCUT2D eigenvalue weighted by Crippen LogP contribution is -2.39. The Morgan fingerprint density at radius 1 is 1.03 bits per heavy atom. The molecule has 5 rings (SSSR count). The van der Waals surface area contributed by atoms with Gasteiger partial charge in [-0.25, -0.2) is 4.98 Å². The molecule has 2 heterocycles. The number of hydrogen-bond acceptors (Lipinski definition) is 5. The number of aromatic nitrogens is 1. The molecule has 1 aromatic heterocycles. The van der Waals surface area contributed by atoms with E-state index in [2.05, 4.69) is 4.98 Å². The van der Waals surface area contributed by atoms with Crippen molar-refractivity contribution in [2.75, 3.05) is 6.79 Å². The van der Waals surface area contributed by atoms with Gasteiger partial charge in [0.05, 0.1) is 12.1 Å². The van der Waals surface area contributed by atoms with Crippen LogP contribution in [0.5, 0.6) is 11.5 Å². The minimum absolute atomic E-state index is 0.0764. The Labute approximate surface area is 175 Å². The van der Waals surface area contributed by atoms with E-state index in [0.717, 1.165) is 48.3 Å². The van der Waals surface area contributed by atoms with Gasteiger partial charge in [0.15, 0.2) is 11.5 Å². The summed E-state index contributed by atoms with van der Waals surface area (Å²) in [5.74, 6) is 2.12. The molecule has 3 aromatic rings. The fraction of sp³-hybridized carbons (Fsp3) is 0.333. The first-order valence-electron chi connectivity index (χ1n) is 10.4. The highest BCUT2D eigenvalue weighted by Crippen LogP contribution is 2.34. The second-order valence-corrected chi connectivity index (χ2v) is 7.83. The first kappa shape index (κ1) is 18.7. The summed E-state index contributed by atoms with van der Waals surface area (Å²) < 4.78 is 16.5. The quantitative estimate of drug-likeness (QED) is 0.601. The summed E-state index contributed by atoms with van der Waals surface area (Å²) in [5.41, 5.74) is 2.61. The van der Waals surface area contributed by atoms with Crippen LogP contribution in [0.25, 0.3) is 11.5 Å². The maximum Gasteiger partial charge on any atom is 0.231 e. The molecule has 1 aliphatic carbocycles. The minimum Gasteiger partial charge on any atom is -0.454 e. The van der Waals surface area contributed by atoms with Gasteiger partial charge in [0.25, 0.3) is 0 Å². The summed E-state index contributed by atoms with van der Waals surface area (Å²) in [4.78, 5) is 19.8. The molecule has 0 spiro atoms. The van der Waals surface area contributed by atoms with Crippen molar-refractivity contribution in [2.24, 2.45) is 0 Å². The molecule has 6 heteroatoms. The third-order valence-electron chi connectivity index (χ3n) is 5.78. The summed E-state index contributed by atoms with van der Waals surface area (Å²) in [7, 11) is 0. The molecule has 2 aromatic carbocycles. The van der Waals surface area contributed by atoms with Crippen molar-refractivity contribution in [3.05, 3.63) is 66.1 Å². The molecule has 1 fully saturated rings. The smallest absolute Gasteiger partial charge is 0.231 e. The Balaban J connectivity index is 1.33. The molecule has 0 N–H and O–H groups in total. The summed E-state index contributed by atoms with van der Waals surface area (Å²) >= 11 is 0. The van der Waals surface area contributed by atoms with Gasteiger partial charge in [-0.2, -0.15) is 0 Å². The molecular formula is C24H24N2O4. The van der Waals surface area contributed by atoms with Crippen LogP contribution in [0.15, 0.2) is 59.2 Å². The number of ether oxygens (including phenoxy) is 2. The topological polar surface area (TPSA) is 64.8 Å². The predicted octanol–water partition coefficient (Wildman–Crippen LogP) is 4.58. The Morgan fingerprint density at radius 3 is 2.67 bits per heavy atom. The van der Waals surface area contributed by atoms with Gasteiger partial charge in [0, 0.05) is 18.2 Å². The van der Waals surface area contributed by atoms with Crippen LogP contribution in [-0.4, -0.2) is 28.6 Å². The lowest BCUT2D eigenvalue weighted by molar-refractivity contribution is -0.133. The maximum absolute atomic E-state index is 13.3. The minimum atomic E-state index is 0.0764. The fourth-order valence-electron chi connectivity index (χ4n) is 4.23. The SMILES string of the molecule is O=C(Cc1coc(-c2ccccc2)n1)N(Cc1ccc2c(c1)OCO2)C1CCCC1. The van der Waals surface area contributed by atoms with Crippen LogP contribution >= 0.6 is 0 Å². The van der Waals surface area contributed by atoms with Crippen LogP contribution in [0, 0.1) is 0 Å². The van der Waals surface area contributed by atoms with E-state index in [0.29, 0.717) is 18.1 Å². The van der Waals surface area contributed by atoms with E-state index in [4.69, 9.17) is 13.9 Å². The maximum atomic E-state index is 13.3. The van der Waals surface area contributed by atoms with E-state index in [9.17, 15) is 4.79 Å². The number of rotatable bonds is 6. The summed E-state index contributed by atoms with van der Waals surface area (Å²) in [6, 6.07) is 15.9. The van der Waals surface area contributed by atoms with Gasteiger partial charge in [-0.3, -0.25) is 4.79 Å². The first-order valence-corrected chi connectivity index (χ1v) is 10.4. The van der Waals surface area contributed by atoms with Crippen LogP contribution in [0.4, 0.5) is 0 Å². The van der Waals surface area contributed by atoms with Gasteiger partial charge >= 0.3 is 0 Å². The van der Waals surface area contributed by atoms with Crippen LogP contribution in [0.1, 0.15) is 36.9 Å². The van der Waals surface area contributed by atoms with Crippen molar-refractivity contribution >= 4 is 5.91 Å². The number of nitrogens with zero attached hydrogens (tertiary/aromatic N) is 2. The second-order valence-electron chi connectivity index (χ2n) is 7.83. The zero-order valence-corrected chi connectivity index (χ0v) is 16.8. The Morgan fingerprint density at radius 2 is 1.83 bits per heavy atom. The molecule has 0 saturated heterocycles. The number of oxazole rings is 1. The van der Waals surface area contributed by atoms with Crippen LogP contribution < -0.4 is 9.47 Å². The van der Waals surface area contributed by atoms with Crippen molar-refractivity contribution in [1.82, 2.24) is 9.88 Å². The molecule has 30 heavy (non-hydrogen) atoms. The normalized spacial score (nSPS) is 15.5. The number of carbonyl (C=O) groups excluding carboxylic acids is 1. The van der Waals surface area contributed by atoms with Gasteiger partial charge in [0.1, 0.15) is 6.26 Å². The van der Waals surface area contributed by atoms with Crippen LogP contribution in [0.2, 0.25) is 0 Å². The molecule has 1 aliphatic heterocycles. The van der Waals surface area contributed by atoms with Crippen LogP contribution in [-0.2, 0) is 17.8 Å². The van der Waals surface area contributed by atoms with E-state index in [1.165, 1.54) is 0 Å². The number of amides is 1. The van der Waals surface area contributed by atoms with E-state index in [-0.39, 0.29) is 25.2 Å². The van der Waals surface area contributed by atoms with Gasteiger partial charge in [-0.15, -0.1) is 0 Å². The highest BCUT2D eigenvalue weighted by Gasteiger charge is 2.28. The summed E-state index contributed by atoms with van der Waals surface area (Å²) in [6.07, 6.45) is 6.25. The van der Waals surface area contributed by atoms with Gasteiger partial charge in [0.2, 0.25) is 18.6 Å². The van der Waals surface area contributed by atoms with E-state index in [1.807, 2.05) is 53.4 Å². The van der Waals surface area contributed by atoms with E-state index < -0.39 is 0 Å². The highest BCUT2D eigenvalue weighted by atomic mass is 16.7. The number of fused-ring (bicyclic) bond motifs is 1. The Bertz CT molecular complexity index is 1020. The molecule has 0 bridgehead atoms. The molecule has 0 unspecified atom stereocenters. The lowest BCUT2D eigenvalue weighted by Gasteiger charge is -2.29. The second kappa shape index (κ2) is 8.22. The van der Waals surface area contributed by atoms with Gasteiger partial charge in [-0.05, 0) is 42.7 Å². The molecule has 0 radical (unpaired) electrons. The monoisotopic (exact) mass is 404 g/mol. The predicted molar refractivity (Wildman–Crippen MR) is 111 cm³/mol. The average Bonchev–Trinajstić information content (AvgIpc) is 3.53. The molecule has 1 amide bonds. The Hall–Kier alpha value is -3.28. The molecular weight excluding hydrogens is 380 g/mol. The molecule has 2 aliphatic rings. The molecule has 6 nitrogen and oxygen atoms in total. The molecule has 0 atom stereocenters. The summed E-state index contributed by atoms with van der Waals surface area (Å²) in [5, 5.41) is 0. The van der Waals surface area contributed by atoms with Crippen molar-refractivity contribution in [3.63, 3.8) is 0 Å². The standard InChI is InChI=1S/C24H24N2O4/c27-23(13-19-15-28-24(25-19)18-6-2-1-3-7-18)26(20-8-4-5-9-20)14-17-10-11-21-22(12-17)30-16-29-21/h1-3,6-7,10-12,15,20H,4-5,8-9,13-14,16H2. The summed E-state index contributed by atoms with van der Waals surface area (Å²) in [6.45, 7) is 0.809. The van der Waals surface area contributed by atoms with Gasteiger partial charge < -0.3 is 18.8 Å². The van der Waals surface area contributed by atoms with E-state index >= 15 is 0 Å². The average molecular weight is 404 g/mol. The van der Waals surface area contributed by atoms with Gasteiger partial charge in [-0.1, -0.05) is 37.1 Å². The third kappa shape index (κ3) is 3.90. The molecule has 154 valence electrons. The van der Waals surface area contributed by atoms with Crippen molar-refractivity contribution in [1.29, 1.82) is 0 Å². The molecule has 1 saturated carbocycles. The fourth-order valence-corrected chi connectivity index (χ4v) is 4.23. The Kier molecular flexibility index (Phi) is 5.13. The van der Waals surface area contributed by atoms with Crippen LogP contribution in [0.3, 0.4) is 0 Å². The van der Waals surface area contributed by atoms with Crippen molar-refractivity contribution in [2.45, 2.75) is 44.7 Å².